The van der Waals surface area contributed by atoms with Gasteiger partial charge in [0.05, 0.1) is 10.9 Å². The number of amides is 2. The Morgan fingerprint density at radius 2 is 1.67 bits per heavy atom. The van der Waals surface area contributed by atoms with Crippen molar-refractivity contribution in [2.75, 3.05) is 12.1 Å². The first-order valence-corrected chi connectivity index (χ1v) is 12.6. The van der Waals surface area contributed by atoms with Crippen LogP contribution in [-0.4, -0.2) is 27.7 Å². The third kappa shape index (κ3) is 5.85. The van der Waals surface area contributed by atoms with Crippen molar-refractivity contribution in [1.29, 1.82) is 0 Å². The number of aryl methyl sites for hydroxylation is 1. The number of aromatic nitrogens is 2. The van der Waals surface area contributed by atoms with Crippen LogP contribution in [0.4, 0.5) is 5.69 Å². The Hall–Kier alpha value is -4.86. The summed E-state index contributed by atoms with van der Waals surface area (Å²) in [6, 6.07) is 19.5. The topological polar surface area (TPSA) is 121 Å². The predicted octanol–water partition coefficient (Wildman–Crippen LogP) is 2.94. The molecule has 0 fully saturated rings. The fraction of sp³-hybridized carbons (Fsp3) is 0.241. The van der Waals surface area contributed by atoms with Gasteiger partial charge < -0.3 is 20.1 Å². The minimum Gasteiger partial charge on any atom is -0.454 e. The molecule has 10 nitrogen and oxygen atoms in total. The van der Waals surface area contributed by atoms with Crippen molar-refractivity contribution in [2.45, 2.75) is 39.4 Å². The Morgan fingerprint density at radius 3 is 2.49 bits per heavy atom. The standard InChI is InChI=1S/C29H28N4O6/c1-19-8-11-21(12-9-19)31-27(35)17-33-23-6-3-2-5-22(23)28(36)32(29(33)37)14-4-7-26(34)30-16-20-10-13-24-25(15-20)39-18-38-24/h2-3,5-6,8-13,15H,4,7,14,16-18H2,1H3,(H,30,34)(H,31,35). The lowest BCUT2D eigenvalue weighted by Gasteiger charge is -2.14. The summed E-state index contributed by atoms with van der Waals surface area (Å²) in [6.45, 7) is 2.22. The second-order valence-electron chi connectivity index (χ2n) is 9.32. The number of ether oxygens (including phenoxy) is 2. The molecule has 5 rings (SSSR count). The van der Waals surface area contributed by atoms with Crippen molar-refractivity contribution in [2.24, 2.45) is 0 Å². The number of rotatable bonds is 9. The van der Waals surface area contributed by atoms with E-state index in [4.69, 9.17) is 9.47 Å². The predicted molar refractivity (Wildman–Crippen MR) is 146 cm³/mol. The van der Waals surface area contributed by atoms with Gasteiger partial charge >= 0.3 is 5.69 Å². The molecule has 0 saturated heterocycles. The highest BCUT2D eigenvalue weighted by atomic mass is 16.7. The molecule has 39 heavy (non-hydrogen) atoms. The Kier molecular flexibility index (Phi) is 7.44. The largest absolute Gasteiger partial charge is 0.454 e. The highest BCUT2D eigenvalue weighted by Crippen LogP contribution is 2.32. The van der Waals surface area contributed by atoms with Gasteiger partial charge in [-0.05, 0) is 55.3 Å². The lowest BCUT2D eigenvalue weighted by atomic mass is 10.2. The Balaban J connectivity index is 1.26. The lowest BCUT2D eigenvalue weighted by molar-refractivity contribution is -0.121. The molecular weight excluding hydrogens is 500 g/mol. The second-order valence-corrected chi connectivity index (χ2v) is 9.32. The van der Waals surface area contributed by atoms with Crippen molar-refractivity contribution in [3.63, 3.8) is 0 Å². The molecule has 200 valence electrons. The van der Waals surface area contributed by atoms with Gasteiger partial charge in [0.15, 0.2) is 11.5 Å². The number of anilines is 1. The van der Waals surface area contributed by atoms with Crippen LogP contribution in [0.25, 0.3) is 10.9 Å². The second kappa shape index (κ2) is 11.3. The zero-order chi connectivity index (χ0) is 27.4. The van der Waals surface area contributed by atoms with Gasteiger partial charge in [-0.1, -0.05) is 35.9 Å². The van der Waals surface area contributed by atoms with E-state index in [9.17, 15) is 19.2 Å². The molecule has 0 radical (unpaired) electrons. The minimum atomic E-state index is -0.599. The molecule has 0 spiro atoms. The third-order valence-corrected chi connectivity index (χ3v) is 6.48. The van der Waals surface area contributed by atoms with E-state index in [1.165, 1.54) is 4.57 Å². The zero-order valence-corrected chi connectivity index (χ0v) is 21.4. The van der Waals surface area contributed by atoms with Crippen LogP contribution in [-0.2, 0) is 29.2 Å². The molecule has 0 aliphatic carbocycles. The quantitative estimate of drug-likeness (QED) is 0.345. The Labute approximate surface area is 223 Å². The molecule has 0 bridgehead atoms. The number of nitrogens with zero attached hydrogens (tertiary/aromatic N) is 2. The fourth-order valence-electron chi connectivity index (χ4n) is 4.44. The summed E-state index contributed by atoms with van der Waals surface area (Å²) in [5.41, 5.74) is 1.87. The van der Waals surface area contributed by atoms with Crippen molar-refractivity contribution in [3.05, 3.63) is 98.7 Å². The van der Waals surface area contributed by atoms with Gasteiger partial charge in [0.1, 0.15) is 6.54 Å². The van der Waals surface area contributed by atoms with Crippen LogP contribution < -0.4 is 31.4 Å². The lowest BCUT2D eigenvalue weighted by Crippen LogP contribution is -2.42. The summed E-state index contributed by atoms with van der Waals surface area (Å²) < 4.78 is 13.0. The highest BCUT2D eigenvalue weighted by Gasteiger charge is 2.16. The van der Waals surface area contributed by atoms with Crippen LogP contribution in [0.15, 0.2) is 76.3 Å². The van der Waals surface area contributed by atoms with E-state index in [1.54, 1.807) is 42.5 Å². The van der Waals surface area contributed by atoms with Crippen molar-refractivity contribution >= 4 is 28.4 Å². The number of para-hydroxylation sites is 1. The van der Waals surface area contributed by atoms with Crippen LogP contribution >= 0.6 is 0 Å². The van der Waals surface area contributed by atoms with Crippen molar-refractivity contribution in [1.82, 2.24) is 14.5 Å². The van der Waals surface area contributed by atoms with E-state index >= 15 is 0 Å². The molecule has 0 unspecified atom stereocenters. The van der Waals surface area contributed by atoms with Gasteiger partial charge in [-0.15, -0.1) is 0 Å². The summed E-state index contributed by atoms with van der Waals surface area (Å²) in [5.74, 6) is 0.712. The SMILES string of the molecule is Cc1ccc(NC(=O)Cn2c(=O)n(CCCC(=O)NCc3ccc4c(c3)OCO4)c(=O)c3ccccc32)cc1. The molecule has 0 saturated carbocycles. The van der Waals surface area contributed by atoms with Gasteiger partial charge in [-0.3, -0.25) is 23.5 Å². The van der Waals surface area contributed by atoms with Crippen LogP contribution in [0.5, 0.6) is 11.5 Å². The van der Waals surface area contributed by atoms with Gasteiger partial charge in [-0.25, -0.2) is 4.79 Å². The molecule has 1 aromatic heterocycles. The molecule has 0 atom stereocenters. The Morgan fingerprint density at radius 1 is 0.897 bits per heavy atom. The maximum Gasteiger partial charge on any atom is 0.331 e. The number of carbonyl (C=O) groups excluding carboxylic acids is 2. The molecule has 1 aliphatic heterocycles. The first-order valence-electron chi connectivity index (χ1n) is 12.6. The molecule has 1 aliphatic rings. The maximum absolute atomic E-state index is 13.3. The van der Waals surface area contributed by atoms with Crippen molar-refractivity contribution in [3.8, 4) is 11.5 Å². The average molecular weight is 529 g/mol. The Bertz CT molecular complexity index is 1660. The van der Waals surface area contributed by atoms with E-state index in [0.717, 1.165) is 15.7 Å². The molecule has 2 amide bonds. The summed E-state index contributed by atoms with van der Waals surface area (Å²) in [5, 5.41) is 5.96. The fourth-order valence-corrected chi connectivity index (χ4v) is 4.44. The number of hydrogen-bond donors (Lipinski definition) is 2. The number of nitrogens with one attached hydrogen (secondary N) is 2. The highest BCUT2D eigenvalue weighted by molar-refractivity contribution is 5.91. The number of hydrogen-bond acceptors (Lipinski definition) is 6. The van der Waals surface area contributed by atoms with Gasteiger partial charge in [0, 0.05) is 25.2 Å². The van der Waals surface area contributed by atoms with Gasteiger partial charge in [0.25, 0.3) is 5.56 Å². The first-order chi connectivity index (χ1) is 18.9. The molecule has 4 aromatic rings. The summed E-state index contributed by atoms with van der Waals surface area (Å²) in [6.07, 6.45) is 0.396. The normalized spacial score (nSPS) is 11.9. The summed E-state index contributed by atoms with van der Waals surface area (Å²) in [4.78, 5) is 51.7. The van der Waals surface area contributed by atoms with E-state index in [2.05, 4.69) is 10.6 Å². The maximum atomic E-state index is 13.3. The van der Waals surface area contributed by atoms with Gasteiger partial charge in [0.2, 0.25) is 18.6 Å². The van der Waals surface area contributed by atoms with E-state index in [1.807, 2.05) is 31.2 Å². The molecule has 10 heteroatoms. The monoisotopic (exact) mass is 528 g/mol. The van der Waals surface area contributed by atoms with Crippen molar-refractivity contribution < 1.29 is 19.1 Å². The average Bonchev–Trinajstić information content (AvgIpc) is 3.41. The summed E-state index contributed by atoms with van der Waals surface area (Å²) >= 11 is 0. The van der Waals surface area contributed by atoms with E-state index in [0.29, 0.717) is 34.6 Å². The number of fused-ring (bicyclic) bond motifs is 2. The third-order valence-electron chi connectivity index (χ3n) is 6.48. The molecule has 2 N–H and O–H groups in total. The molecule has 2 heterocycles. The smallest absolute Gasteiger partial charge is 0.331 e. The molecular formula is C29H28N4O6. The zero-order valence-electron chi connectivity index (χ0n) is 21.4. The van der Waals surface area contributed by atoms with Gasteiger partial charge in [-0.2, -0.15) is 0 Å². The summed E-state index contributed by atoms with van der Waals surface area (Å²) in [7, 11) is 0. The number of carbonyl (C=O) groups is 2. The minimum absolute atomic E-state index is 0.0412. The van der Waals surface area contributed by atoms with Crippen LogP contribution in [0, 0.1) is 6.92 Å². The van der Waals surface area contributed by atoms with Crippen LogP contribution in [0.1, 0.15) is 24.0 Å². The van der Waals surface area contributed by atoms with Crippen LogP contribution in [0.3, 0.4) is 0 Å². The first kappa shape index (κ1) is 25.8. The number of benzene rings is 3. The molecule has 3 aromatic carbocycles. The van der Waals surface area contributed by atoms with E-state index < -0.39 is 11.2 Å². The van der Waals surface area contributed by atoms with Crippen LogP contribution in [0.2, 0.25) is 0 Å². The van der Waals surface area contributed by atoms with E-state index in [-0.39, 0.29) is 44.5 Å².